The number of H-pyrrole nitrogens is 1. The largest absolute Gasteiger partial charge is 0.392 e. The van der Waals surface area contributed by atoms with Crippen molar-refractivity contribution in [3.05, 3.63) is 24.0 Å². The van der Waals surface area contributed by atoms with Crippen molar-refractivity contribution < 1.29 is 9.90 Å². The van der Waals surface area contributed by atoms with Gasteiger partial charge < -0.3 is 15.0 Å². The summed E-state index contributed by atoms with van der Waals surface area (Å²) >= 11 is 0. The van der Waals surface area contributed by atoms with Crippen LogP contribution in [0.4, 0.5) is 0 Å². The monoisotopic (exact) mass is 222 g/mol. The molecule has 1 aliphatic heterocycles. The second-order valence-corrected chi connectivity index (χ2v) is 5.12. The highest BCUT2D eigenvalue weighted by Crippen LogP contribution is 2.29. The molecular formula is C12H18N2O2. The molecule has 88 valence electrons. The maximum absolute atomic E-state index is 12.1. The fourth-order valence-corrected chi connectivity index (χ4v) is 2.16. The van der Waals surface area contributed by atoms with Crippen molar-refractivity contribution in [2.45, 2.75) is 26.4 Å². The summed E-state index contributed by atoms with van der Waals surface area (Å²) < 4.78 is 0. The number of aromatic amines is 1. The van der Waals surface area contributed by atoms with Gasteiger partial charge in [0.05, 0.1) is 11.7 Å². The summed E-state index contributed by atoms with van der Waals surface area (Å²) in [6.45, 7) is 5.23. The fraction of sp³-hybridized carbons (Fsp3) is 0.583. The SMILES string of the molecule is CC1(C)CN(C(=O)c2cc[nH]c2)CCC1O. The summed E-state index contributed by atoms with van der Waals surface area (Å²) in [5.41, 5.74) is 0.469. The molecule has 1 fully saturated rings. The van der Waals surface area contributed by atoms with Gasteiger partial charge in [-0.1, -0.05) is 13.8 Å². The van der Waals surface area contributed by atoms with Crippen LogP contribution >= 0.6 is 0 Å². The molecule has 1 unspecified atom stereocenters. The fourth-order valence-electron chi connectivity index (χ4n) is 2.16. The highest BCUT2D eigenvalue weighted by Gasteiger charge is 2.36. The lowest BCUT2D eigenvalue weighted by Gasteiger charge is -2.41. The zero-order chi connectivity index (χ0) is 11.8. The maximum Gasteiger partial charge on any atom is 0.255 e. The molecule has 0 aromatic carbocycles. The minimum Gasteiger partial charge on any atom is -0.392 e. The van der Waals surface area contributed by atoms with Crippen LogP contribution < -0.4 is 0 Å². The third-order valence-corrected chi connectivity index (χ3v) is 3.31. The van der Waals surface area contributed by atoms with Crippen LogP contribution in [0, 0.1) is 5.41 Å². The number of rotatable bonds is 1. The first-order valence-corrected chi connectivity index (χ1v) is 5.61. The van der Waals surface area contributed by atoms with E-state index in [0.717, 1.165) is 0 Å². The van der Waals surface area contributed by atoms with Gasteiger partial charge in [0.1, 0.15) is 0 Å². The molecule has 0 bridgehead atoms. The molecule has 0 spiro atoms. The molecule has 1 saturated heterocycles. The molecular weight excluding hydrogens is 204 g/mol. The van der Waals surface area contributed by atoms with Crippen LogP contribution in [-0.4, -0.2) is 40.1 Å². The van der Waals surface area contributed by atoms with E-state index in [1.807, 2.05) is 18.7 Å². The van der Waals surface area contributed by atoms with Crippen molar-refractivity contribution in [2.24, 2.45) is 5.41 Å². The van der Waals surface area contributed by atoms with Crippen LogP contribution in [0.2, 0.25) is 0 Å². The second kappa shape index (κ2) is 3.94. The van der Waals surface area contributed by atoms with Gasteiger partial charge >= 0.3 is 0 Å². The lowest BCUT2D eigenvalue weighted by Crippen LogP contribution is -2.50. The Bertz CT molecular complexity index is 370. The summed E-state index contributed by atoms with van der Waals surface area (Å²) in [7, 11) is 0. The summed E-state index contributed by atoms with van der Waals surface area (Å²) in [5, 5.41) is 9.82. The normalized spacial score (nSPS) is 24.4. The van der Waals surface area contributed by atoms with E-state index in [1.165, 1.54) is 0 Å². The van der Waals surface area contributed by atoms with Gasteiger partial charge in [-0.05, 0) is 12.5 Å². The number of aliphatic hydroxyl groups is 1. The van der Waals surface area contributed by atoms with Gasteiger partial charge in [0, 0.05) is 30.9 Å². The molecule has 1 aliphatic rings. The minimum absolute atomic E-state index is 0.0428. The van der Waals surface area contributed by atoms with E-state index in [2.05, 4.69) is 4.98 Å². The molecule has 1 atom stereocenters. The molecule has 2 rings (SSSR count). The van der Waals surface area contributed by atoms with E-state index < -0.39 is 0 Å². The third kappa shape index (κ3) is 1.97. The maximum atomic E-state index is 12.1. The van der Waals surface area contributed by atoms with Gasteiger partial charge in [-0.2, -0.15) is 0 Å². The average molecular weight is 222 g/mol. The summed E-state index contributed by atoms with van der Waals surface area (Å²) in [6.07, 6.45) is 3.79. The van der Waals surface area contributed by atoms with Gasteiger partial charge in [-0.25, -0.2) is 0 Å². The molecule has 0 aliphatic carbocycles. The first-order valence-electron chi connectivity index (χ1n) is 5.61. The number of nitrogens with zero attached hydrogens (tertiary/aromatic N) is 1. The molecule has 16 heavy (non-hydrogen) atoms. The van der Waals surface area contributed by atoms with Crippen molar-refractivity contribution in [1.82, 2.24) is 9.88 Å². The number of nitrogens with one attached hydrogen (secondary N) is 1. The first-order chi connectivity index (χ1) is 7.50. The van der Waals surface area contributed by atoms with Gasteiger partial charge in [0.25, 0.3) is 5.91 Å². The van der Waals surface area contributed by atoms with Crippen LogP contribution in [0.3, 0.4) is 0 Å². The van der Waals surface area contributed by atoms with Crippen LogP contribution in [0.25, 0.3) is 0 Å². The van der Waals surface area contributed by atoms with Crippen LogP contribution in [0.5, 0.6) is 0 Å². The Morgan fingerprint density at radius 2 is 2.38 bits per heavy atom. The molecule has 4 nitrogen and oxygen atoms in total. The van der Waals surface area contributed by atoms with E-state index >= 15 is 0 Å². The molecule has 4 heteroatoms. The molecule has 1 aromatic heterocycles. The molecule has 2 N–H and O–H groups in total. The third-order valence-electron chi connectivity index (χ3n) is 3.31. The van der Waals surface area contributed by atoms with Crippen LogP contribution in [-0.2, 0) is 0 Å². The second-order valence-electron chi connectivity index (χ2n) is 5.12. The zero-order valence-corrected chi connectivity index (χ0v) is 9.73. The van der Waals surface area contributed by atoms with Crippen LogP contribution in [0.15, 0.2) is 18.5 Å². The number of hydrogen-bond acceptors (Lipinski definition) is 2. The molecule has 1 aromatic rings. The average Bonchev–Trinajstić information content (AvgIpc) is 2.74. The number of hydrogen-bond donors (Lipinski definition) is 2. The van der Waals surface area contributed by atoms with E-state index in [0.29, 0.717) is 25.1 Å². The lowest BCUT2D eigenvalue weighted by molar-refractivity contribution is -0.0182. The van der Waals surface area contributed by atoms with Gasteiger partial charge in [-0.3, -0.25) is 4.79 Å². The minimum atomic E-state index is -0.317. The number of carbonyl (C=O) groups excluding carboxylic acids is 1. The smallest absolute Gasteiger partial charge is 0.255 e. The standard InChI is InChI=1S/C12H18N2O2/c1-12(2)8-14(6-4-10(12)15)11(16)9-3-5-13-7-9/h3,5,7,10,13,15H,4,6,8H2,1-2H3. The number of amides is 1. The van der Waals surface area contributed by atoms with E-state index in [1.54, 1.807) is 18.5 Å². The van der Waals surface area contributed by atoms with E-state index in [-0.39, 0.29) is 17.4 Å². The zero-order valence-electron chi connectivity index (χ0n) is 9.73. The van der Waals surface area contributed by atoms with Crippen molar-refractivity contribution in [3.63, 3.8) is 0 Å². The van der Waals surface area contributed by atoms with Crippen LogP contribution in [0.1, 0.15) is 30.6 Å². The number of carbonyl (C=O) groups is 1. The quantitative estimate of drug-likeness (QED) is 0.751. The Kier molecular flexibility index (Phi) is 2.76. The number of piperidine rings is 1. The van der Waals surface area contributed by atoms with Crippen molar-refractivity contribution in [2.75, 3.05) is 13.1 Å². The highest BCUT2D eigenvalue weighted by atomic mass is 16.3. The first kappa shape index (κ1) is 11.2. The van der Waals surface area contributed by atoms with Gasteiger partial charge in [-0.15, -0.1) is 0 Å². The van der Waals surface area contributed by atoms with E-state index in [9.17, 15) is 9.90 Å². The van der Waals surface area contributed by atoms with Gasteiger partial charge in [0.2, 0.25) is 0 Å². The summed E-state index contributed by atoms with van der Waals surface area (Å²) in [4.78, 5) is 16.8. The Balaban J connectivity index is 2.10. The number of aromatic nitrogens is 1. The topological polar surface area (TPSA) is 56.3 Å². The molecule has 0 radical (unpaired) electrons. The predicted molar refractivity (Wildman–Crippen MR) is 61.1 cm³/mol. The van der Waals surface area contributed by atoms with Crippen molar-refractivity contribution in [3.8, 4) is 0 Å². The Morgan fingerprint density at radius 1 is 1.62 bits per heavy atom. The Labute approximate surface area is 95.3 Å². The Hall–Kier alpha value is -1.29. The summed E-state index contributed by atoms with van der Waals surface area (Å²) in [6, 6.07) is 1.78. The van der Waals surface area contributed by atoms with Crippen molar-refractivity contribution in [1.29, 1.82) is 0 Å². The Morgan fingerprint density at radius 3 is 2.94 bits per heavy atom. The lowest BCUT2D eigenvalue weighted by atomic mass is 9.81. The number of aliphatic hydroxyl groups excluding tert-OH is 1. The molecule has 1 amide bonds. The summed E-state index contributed by atoms with van der Waals surface area (Å²) in [5.74, 6) is 0.0428. The molecule has 2 heterocycles. The predicted octanol–water partition coefficient (Wildman–Crippen LogP) is 1.25. The molecule has 0 saturated carbocycles. The van der Waals surface area contributed by atoms with E-state index in [4.69, 9.17) is 0 Å². The highest BCUT2D eigenvalue weighted by molar-refractivity contribution is 5.94. The van der Waals surface area contributed by atoms with Crippen molar-refractivity contribution >= 4 is 5.91 Å². The van der Waals surface area contributed by atoms with Gasteiger partial charge in [0.15, 0.2) is 0 Å². The number of likely N-dealkylation sites (tertiary alicyclic amines) is 1.